The number of aromatic nitrogens is 4. The van der Waals surface area contributed by atoms with Gasteiger partial charge >= 0.3 is 0 Å². The van der Waals surface area contributed by atoms with Gasteiger partial charge in [0.1, 0.15) is 17.7 Å². The lowest BCUT2D eigenvalue weighted by molar-refractivity contribution is -0.133. The summed E-state index contributed by atoms with van der Waals surface area (Å²) in [4.78, 5) is 30.5. The van der Waals surface area contributed by atoms with E-state index < -0.39 is 18.3 Å². The van der Waals surface area contributed by atoms with E-state index in [0.717, 1.165) is 12.8 Å². The van der Waals surface area contributed by atoms with Crippen LogP contribution >= 0.6 is 0 Å². The third-order valence-corrected chi connectivity index (χ3v) is 6.90. The van der Waals surface area contributed by atoms with Gasteiger partial charge in [-0.05, 0) is 38.9 Å². The molecule has 4 heterocycles. The Hall–Kier alpha value is -3.38. The molecule has 3 aromatic rings. The van der Waals surface area contributed by atoms with Gasteiger partial charge in [-0.25, -0.2) is 13.8 Å². The minimum atomic E-state index is -2.80. The lowest BCUT2D eigenvalue weighted by Gasteiger charge is -2.34. The van der Waals surface area contributed by atoms with Crippen LogP contribution in [0.1, 0.15) is 32.0 Å². The maximum atomic E-state index is 14.1. The molecule has 0 aliphatic carbocycles. The summed E-state index contributed by atoms with van der Waals surface area (Å²) in [5, 5.41) is 6.39. The molecule has 1 aromatic carbocycles. The Labute approximate surface area is 214 Å². The molecular formula is C25H32F2N8O2. The fourth-order valence-electron chi connectivity index (χ4n) is 4.93. The molecule has 2 aromatic heterocycles. The van der Waals surface area contributed by atoms with Crippen LogP contribution in [0.4, 0.5) is 20.5 Å². The van der Waals surface area contributed by atoms with E-state index in [1.807, 2.05) is 16.8 Å². The number of para-hydroxylation sites is 2. The number of nitrogens with one attached hydrogen (secondary N) is 2. The molecule has 1 amide bonds. The number of carbonyl (C=O) groups excluding carboxylic acids is 1. The number of imidazole rings is 1. The van der Waals surface area contributed by atoms with E-state index in [2.05, 4.69) is 25.6 Å². The largest absolute Gasteiger partial charge is 0.378 e. The lowest BCUT2D eigenvalue weighted by atomic mass is 10.1. The van der Waals surface area contributed by atoms with Crippen LogP contribution in [0.3, 0.4) is 0 Å². The Morgan fingerprint density at radius 3 is 2.62 bits per heavy atom. The normalized spacial score (nSPS) is 19.4. The summed E-state index contributed by atoms with van der Waals surface area (Å²) in [6.45, 7) is 5.39. The summed E-state index contributed by atoms with van der Waals surface area (Å²) in [6, 6.07) is 8.31. The number of rotatable bonds is 7. The highest BCUT2D eigenvalue weighted by atomic mass is 19.3. The second-order valence-corrected chi connectivity index (χ2v) is 9.38. The number of carbonyl (C=O) groups is 1. The van der Waals surface area contributed by atoms with E-state index in [-0.39, 0.29) is 23.7 Å². The van der Waals surface area contributed by atoms with Crippen molar-refractivity contribution in [2.45, 2.75) is 38.3 Å². The molecule has 10 nitrogen and oxygen atoms in total. The van der Waals surface area contributed by atoms with Gasteiger partial charge in [0.2, 0.25) is 11.9 Å². The van der Waals surface area contributed by atoms with Crippen molar-refractivity contribution in [3.05, 3.63) is 36.2 Å². The third-order valence-electron chi connectivity index (χ3n) is 6.90. The lowest BCUT2D eigenvalue weighted by Crippen LogP contribution is -2.51. The molecule has 5 rings (SSSR count). The van der Waals surface area contributed by atoms with E-state index in [4.69, 9.17) is 4.74 Å². The van der Waals surface area contributed by atoms with E-state index in [1.165, 1.54) is 4.57 Å². The number of halogens is 2. The van der Waals surface area contributed by atoms with Crippen molar-refractivity contribution in [3.63, 3.8) is 0 Å². The highest BCUT2D eigenvalue weighted by Gasteiger charge is 2.28. The summed E-state index contributed by atoms with van der Waals surface area (Å²) in [6.07, 6.45) is -0.840. The van der Waals surface area contributed by atoms with Crippen LogP contribution in [-0.4, -0.2) is 88.9 Å². The number of alkyl halides is 2. The number of anilines is 2. The average molecular weight is 515 g/mol. The first-order chi connectivity index (χ1) is 17.9. The van der Waals surface area contributed by atoms with Crippen molar-refractivity contribution in [1.82, 2.24) is 29.7 Å². The average Bonchev–Trinajstić information content (AvgIpc) is 3.33. The van der Waals surface area contributed by atoms with Gasteiger partial charge in [0, 0.05) is 38.3 Å². The standard InChI is InChI=1S/C25H32F2N8O2/c1-16(24(36)34-9-5-6-17(15-34)28-2)29-25-31-20(33-10-12-37-13-11-33)14-21(32-25)35-19-8-4-3-7-18(19)30-23(35)22(26)27/h3-4,7-8,14,16-17,22,28H,5-6,9-13,15H2,1-2H3,(H,29,31,32)/t16-,17?/m0/s1. The smallest absolute Gasteiger partial charge is 0.296 e. The van der Waals surface area contributed by atoms with Gasteiger partial charge in [-0.2, -0.15) is 9.97 Å². The second-order valence-electron chi connectivity index (χ2n) is 9.38. The molecule has 12 heteroatoms. The van der Waals surface area contributed by atoms with Gasteiger partial charge in [0.15, 0.2) is 5.82 Å². The quantitative estimate of drug-likeness (QED) is 0.497. The van der Waals surface area contributed by atoms with Gasteiger partial charge in [0.25, 0.3) is 6.43 Å². The van der Waals surface area contributed by atoms with Crippen LogP contribution in [0, 0.1) is 0 Å². The number of amides is 1. The van der Waals surface area contributed by atoms with Gasteiger partial charge in [-0.1, -0.05) is 12.1 Å². The molecule has 37 heavy (non-hydrogen) atoms. The Morgan fingerprint density at radius 1 is 1.11 bits per heavy atom. The number of benzene rings is 1. The van der Waals surface area contributed by atoms with Gasteiger partial charge < -0.3 is 25.2 Å². The summed E-state index contributed by atoms with van der Waals surface area (Å²) in [5.41, 5.74) is 0.970. The minimum absolute atomic E-state index is 0.0526. The first-order valence-corrected chi connectivity index (χ1v) is 12.6. The molecule has 2 atom stereocenters. The topological polar surface area (TPSA) is 100 Å². The number of hydrogen-bond acceptors (Lipinski definition) is 8. The van der Waals surface area contributed by atoms with E-state index in [9.17, 15) is 13.6 Å². The number of fused-ring (bicyclic) bond motifs is 1. The van der Waals surface area contributed by atoms with Crippen molar-refractivity contribution >= 4 is 28.7 Å². The number of nitrogens with zero attached hydrogens (tertiary/aromatic N) is 6. The molecule has 2 aliphatic rings. The highest BCUT2D eigenvalue weighted by Crippen LogP contribution is 2.29. The van der Waals surface area contributed by atoms with Gasteiger partial charge in [-0.3, -0.25) is 9.36 Å². The summed E-state index contributed by atoms with van der Waals surface area (Å²) < 4.78 is 35.0. The van der Waals surface area contributed by atoms with Crippen LogP contribution in [-0.2, 0) is 9.53 Å². The van der Waals surface area contributed by atoms with Crippen molar-refractivity contribution < 1.29 is 18.3 Å². The van der Waals surface area contributed by atoms with Crippen LogP contribution < -0.4 is 15.5 Å². The van der Waals surface area contributed by atoms with E-state index in [1.54, 1.807) is 37.3 Å². The van der Waals surface area contributed by atoms with Crippen LogP contribution in [0.25, 0.3) is 16.9 Å². The minimum Gasteiger partial charge on any atom is -0.378 e. The van der Waals surface area contributed by atoms with Crippen molar-refractivity contribution in [2.24, 2.45) is 0 Å². The first-order valence-electron chi connectivity index (χ1n) is 12.6. The van der Waals surface area contributed by atoms with E-state index in [0.29, 0.717) is 56.2 Å². The predicted molar refractivity (Wildman–Crippen MR) is 136 cm³/mol. The zero-order valence-corrected chi connectivity index (χ0v) is 21.0. The molecular weight excluding hydrogens is 482 g/mol. The maximum absolute atomic E-state index is 14.1. The SMILES string of the molecule is CNC1CCCN(C(=O)[C@H](C)Nc2nc(N3CCOCC3)cc(-n3c(C(F)F)nc4ccccc43)n2)C1. The second kappa shape index (κ2) is 10.9. The number of ether oxygens (including phenoxy) is 1. The van der Waals surface area contributed by atoms with E-state index >= 15 is 0 Å². The maximum Gasteiger partial charge on any atom is 0.296 e. The van der Waals surface area contributed by atoms with Crippen LogP contribution in [0.5, 0.6) is 0 Å². The fourth-order valence-corrected chi connectivity index (χ4v) is 4.93. The predicted octanol–water partition coefficient (Wildman–Crippen LogP) is 2.60. The Kier molecular flexibility index (Phi) is 7.47. The highest BCUT2D eigenvalue weighted by molar-refractivity contribution is 5.84. The molecule has 1 unspecified atom stereocenters. The molecule has 198 valence electrons. The monoisotopic (exact) mass is 514 g/mol. The Bertz CT molecular complexity index is 1250. The number of morpholine rings is 1. The molecule has 0 spiro atoms. The van der Waals surface area contributed by atoms with Gasteiger partial charge in [0.05, 0.1) is 24.2 Å². The molecule has 0 saturated carbocycles. The fraction of sp³-hybridized carbons (Fsp3) is 0.520. The molecule has 2 aliphatic heterocycles. The molecule has 2 saturated heterocycles. The zero-order valence-electron chi connectivity index (χ0n) is 21.0. The van der Waals surface area contributed by atoms with Crippen molar-refractivity contribution in [1.29, 1.82) is 0 Å². The first kappa shape index (κ1) is 25.3. The summed E-state index contributed by atoms with van der Waals surface area (Å²) >= 11 is 0. The number of likely N-dealkylation sites (N-methyl/N-ethyl adjacent to an activating group) is 1. The zero-order chi connectivity index (χ0) is 25.9. The van der Waals surface area contributed by atoms with Crippen molar-refractivity contribution in [2.75, 3.05) is 56.7 Å². The number of piperidine rings is 1. The van der Waals surface area contributed by atoms with Crippen molar-refractivity contribution in [3.8, 4) is 5.82 Å². The number of hydrogen-bond donors (Lipinski definition) is 2. The molecule has 2 N–H and O–H groups in total. The molecule has 2 fully saturated rings. The van der Waals surface area contributed by atoms with Crippen LogP contribution in [0.15, 0.2) is 30.3 Å². The van der Waals surface area contributed by atoms with Gasteiger partial charge in [-0.15, -0.1) is 0 Å². The number of likely N-dealkylation sites (tertiary alicyclic amines) is 1. The Morgan fingerprint density at radius 2 is 1.86 bits per heavy atom. The molecule has 0 radical (unpaired) electrons. The van der Waals surface area contributed by atoms with Crippen LogP contribution in [0.2, 0.25) is 0 Å². The summed E-state index contributed by atoms with van der Waals surface area (Å²) in [7, 11) is 1.90. The molecule has 0 bridgehead atoms. The summed E-state index contributed by atoms with van der Waals surface area (Å²) in [5.74, 6) is 0.579. The Balaban J connectivity index is 1.51. The third kappa shape index (κ3) is 5.35.